The van der Waals surface area contributed by atoms with Crippen LogP contribution in [0.3, 0.4) is 0 Å². The second-order valence-electron chi connectivity index (χ2n) is 12.9. The zero-order valence-electron chi connectivity index (χ0n) is 23.1. The van der Waals surface area contributed by atoms with Crippen molar-refractivity contribution in [2.75, 3.05) is 19.7 Å². The number of ketones is 1. The van der Waals surface area contributed by atoms with Gasteiger partial charge in [-0.15, -0.1) is 0 Å². The molecule has 8 nitrogen and oxygen atoms in total. The monoisotopic (exact) mass is 577 g/mol. The Balaban J connectivity index is 1.04. The standard InChI is InChI=1S/C32H36NO7P/c34-25-11-13-32(35)27-18-24-9-10-26(29-28(24)31(32,30(25)39-29)14-15-33(27)19-21-5-6-21)40-41(36,37)38-16-12-20-7-8-22-3-1-2-4-23(22)17-20/h1-4,7,9-10,21,27,30,35H,5-6,8,11-19H2,(H,36,37). The van der Waals surface area contributed by atoms with Crippen LogP contribution in [-0.2, 0) is 38.6 Å². The zero-order chi connectivity index (χ0) is 28.0. The fourth-order valence-corrected chi connectivity index (χ4v) is 9.23. The summed E-state index contributed by atoms with van der Waals surface area (Å²) in [5.74, 6) is 1.09. The number of fused-ring (bicyclic) bond motifs is 1. The molecule has 6 aliphatic rings. The number of allylic oxidation sites excluding steroid dienone is 1. The molecule has 2 aliphatic heterocycles. The van der Waals surface area contributed by atoms with Gasteiger partial charge < -0.3 is 14.4 Å². The lowest BCUT2D eigenvalue weighted by Gasteiger charge is -2.62. The average Bonchev–Trinajstić information content (AvgIpc) is 3.69. The van der Waals surface area contributed by atoms with Gasteiger partial charge in [-0.3, -0.25) is 19.1 Å². The van der Waals surface area contributed by atoms with Gasteiger partial charge in [0.1, 0.15) is 0 Å². The second-order valence-corrected chi connectivity index (χ2v) is 14.2. The number of piperidine rings is 1. The van der Waals surface area contributed by atoms with Gasteiger partial charge in [-0.05, 0) is 86.6 Å². The number of Topliss-reactive ketones (excluding diaryl/α,β-unsaturated/α-hetero) is 1. The van der Waals surface area contributed by atoms with Gasteiger partial charge in [0.25, 0.3) is 0 Å². The van der Waals surface area contributed by atoms with Crippen LogP contribution in [-0.4, -0.2) is 58.1 Å². The van der Waals surface area contributed by atoms with Crippen LogP contribution in [0.25, 0.3) is 0 Å². The molecular weight excluding hydrogens is 541 g/mol. The molecule has 8 rings (SSSR count). The lowest BCUT2D eigenvalue weighted by atomic mass is 9.49. The van der Waals surface area contributed by atoms with Gasteiger partial charge in [0, 0.05) is 24.6 Å². The fraction of sp³-hybridized carbons (Fsp3) is 0.531. The maximum absolute atomic E-state index is 13.3. The number of hydrogen-bond acceptors (Lipinski definition) is 7. The predicted octanol–water partition coefficient (Wildman–Crippen LogP) is 4.43. The van der Waals surface area contributed by atoms with Gasteiger partial charge in [0.05, 0.1) is 17.6 Å². The molecule has 0 amide bonds. The Bertz CT molecular complexity index is 1520. The van der Waals surface area contributed by atoms with E-state index in [9.17, 15) is 19.4 Å². The first-order valence-corrected chi connectivity index (χ1v) is 16.5. The minimum Gasteiger partial charge on any atom is -0.477 e. The normalized spacial score (nSPS) is 32.8. The molecule has 2 bridgehead atoms. The molecule has 0 aromatic heterocycles. The van der Waals surface area contributed by atoms with Crippen molar-refractivity contribution >= 4 is 13.6 Å². The molecule has 1 saturated heterocycles. The topological polar surface area (TPSA) is 106 Å². The smallest absolute Gasteiger partial charge is 0.477 e. The summed E-state index contributed by atoms with van der Waals surface area (Å²) in [5.41, 5.74) is 3.62. The third kappa shape index (κ3) is 4.02. The van der Waals surface area contributed by atoms with E-state index in [0.29, 0.717) is 37.4 Å². The van der Waals surface area contributed by atoms with E-state index in [1.165, 1.54) is 29.5 Å². The van der Waals surface area contributed by atoms with Crippen molar-refractivity contribution < 1.29 is 33.1 Å². The second kappa shape index (κ2) is 9.26. The van der Waals surface area contributed by atoms with E-state index in [1.54, 1.807) is 6.07 Å². The predicted molar refractivity (Wildman–Crippen MR) is 151 cm³/mol. The number of carbonyl (C=O) groups is 1. The van der Waals surface area contributed by atoms with E-state index in [2.05, 4.69) is 23.1 Å². The molecule has 0 radical (unpaired) electrons. The molecular formula is C32H36NO7P. The highest BCUT2D eigenvalue weighted by atomic mass is 31.2. The number of nitrogens with zero attached hydrogens (tertiary/aromatic N) is 1. The van der Waals surface area contributed by atoms with Crippen LogP contribution in [0.5, 0.6) is 11.5 Å². The average molecular weight is 578 g/mol. The van der Waals surface area contributed by atoms with Gasteiger partial charge in [-0.1, -0.05) is 42.0 Å². The number of aliphatic hydroxyl groups is 1. The number of phosphoric acid groups is 1. The number of hydrogen-bond donors (Lipinski definition) is 2. The number of ether oxygens (including phenoxy) is 1. The number of carbonyl (C=O) groups excluding carboxylic acids is 1. The van der Waals surface area contributed by atoms with Gasteiger partial charge in [-0.25, -0.2) is 4.57 Å². The Kier molecular flexibility index (Phi) is 5.91. The maximum Gasteiger partial charge on any atom is 0.527 e. The third-order valence-electron chi connectivity index (χ3n) is 10.6. The quantitative estimate of drug-likeness (QED) is 0.351. The van der Waals surface area contributed by atoms with Gasteiger partial charge in [-0.2, -0.15) is 0 Å². The molecule has 2 aromatic carbocycles. The highest BCUT2D eigenvalue weighted by Gasteiger charge is 2.73. The summed E-state index contributed by atoms with van der Waals surface area (Å²) in [6, 6.07) is 11.8. The minimum absolute atomic E-state index is 0.0233. The largest absolute Gasteiger partial charge is 0.527 e. The zero-order valence-corrected chi connectivity index (χ0v) is 24.0. The van der Waals surface area contributed by atoms with Crippen molar-refractivity contribution in [2.45, 2.75) is 80.9 Å². The van der Waals surface area contributed by atoms with Crippen LogP contribution in [0, 0.1) is 5.92 Å². The van der Waals surface area contributed by atoms with Crippen LogP contribution < -0.4 is 9.26 Å². The molecule has 2 saturated carbocycles. The summed E-state index contributed by atoms with van der Waals surface area (Å²) in [6.45, 7) is 1.83. The molecule has 4 aliphatic carbocycles. The number of benzene rings is 2. The van der Waals surface area contributed by atoms with Crippen molar-refractivity contribution in [3.63, 3.8) is 0 Å². The summed E-state index contributed by atoms with van der Waals surface area (Å²) in [5, 5.41) is 12.4. The van der Waals surface area contributed by atoms with Crippen LogP contribution >= 0.6 is 7.82 Å². The van der Waals surface area contributed by atoms with Gasteiger partial charge >= 0.3 is 7.82 Å². The molecule has 5 unspecified atom stereocenters. The van der Waals surface area contributed by atoms with E-state index < -0.39 is 24.9 Å². The Morgan fingerprint density at radius 3 is 2.76 bits per heavy atom. The highest BCUT2D eigenvalue weighted by Crippen LogP contribution is 2.66. The first-order valence-electron chi connectivity index (χ1n) is 15.0. The molecule has 41 heavy (non-hydrogen) atoms. The molecule has 9 heteroatoms. The Hall–Kier alpha value is -2.48. The number of likely N-dealkylation sites (tertiary alicyclic amines) is 1. The van der Waals surface area contributed by atoms with Crippen molar-refractivity contribution in [2.24, 2.45) is 5.92 Å². The molecule has 3 fully saturated rings. The van der Waals surface area contributed by atoms with E-state index in [0.717, 1.165) is 37.1 Å². The van der Waals surface area contributed by atoms with Crippen molar-refractivity contribution in [3.8, 4) is 11.5 Å². The van der Waals surface area contributed by atoms with E-state index >= 15 is 0 Å². The van der Waals surface area contributed by atoms with Gasteiger partial charge in [0.2, 0.25) is 0 Å². The first kappa shape index (κ1) is 26.2. The van der Waals surface area contributed by atoms with Crippen molar-refractivity contribution in [3.05, 3.63) is 70.3 Å². The maximum atomic E-state index is 13.3. The van der Waals surface area contributed by atoms with Crippen LogP contribution in [0.4, 0.5) is 0 Å². The van der Waals surface area contributed by atoms with Crippen LogP contribution in [0.1, 0.15) is 60.8 Å². The summed E-state index contributed by atoms with van der Waals surface area (Å²) < 4.78 is 30.5. The lowest BCUT2D eigenvalue weighted by molar-refractivity contribution is -0.188. The summed E-state index contributed by atoms with van der Waals surface area (Å²) in [6.07, 6.45) is 7.95. The Morgan fingerprint density at radius 1 is 1.10 bits per heavy atom. The van der Waals surface area contributed by atoms with E-state index in [-0.39, 0.29) is 30.6 Å². The van der Waals surface area contributed by atoms with Crippen LogP contribution in [0.2, 0.25) is 0 Å². The Labute approximate surface area is 239 Å². The number of phosphoric ester groups is 1. The fourth-order valence-electron chi connectivity index (χ4n) is 8.46. The van der Waals surface area contributed by atoms with E-state index in [4.69, 9.17) is 13.8 Å². The molecule has 5 atom stereocenters. The molecule has 216 valence electrons. The molecule has 2 aromatic rings. The highest BCUT2D eigenvalue weighted by molar-refractivity contribution is 7.47. The molecule has 2 heterocycles. The molecule has 1 spiro atoms. The number of rotatable bonds is 8. The van der Waals surface area contributed by atoms with Gasteiger partial charge in [0.15, 0.2) is 23.4 Å². The molecule has 2 N–H and O–H groups in total. The lowest BCUT2D eigenvalue weighted by Crippen LogP contribution is -2.76. The SMILES string of the molecule is O=C1CCC2(O)C3Cc4ccc(OP(=O)(O)OCCC5=CCc6ccccc6C5)c5c4C2(CCN3CC2CC2)C1O5. The summed E-state index contributed by atoms with van der Waals surface area (Å²) in [7, 11) is -4.48. The Morgan fingerprint density at radius 2 is 1.93 bits per heavy atom. The van der Waals surface area contributed by atoms with Crippen LogP contribution in [0.15, 0.2) is 48.0 Å². The van der Waals surface area contributed by atoms with E-state index in [1.807, 2.05) is 18.2 Å². The van der Waals surface area contributed by atoms with Crippen molar-refractivity contribution in [1.82, 2.24) is 4.90 Å². The minimum atomic E-state index is -4.48. The summed E-state index contributed by atoms with van der Waals surface area (Å²) >= 11 is 0. The first-order chi connectivity index (χ1) is 19.8. The van der Waals surface area contributed by atoms with Crippen molar-refractivity contribution in [1.29, 1.82) is 0 Å². The third-order valence-corrected chi connectivity index (χ3v) is 11.5. The summed E-state index contributed by atoms with van der Waals surface area (Å²) in [4.78, 5) is 26.4.